The Morgan fingerprint density at radius 2 is 2.05 bits per heavy atom. The zero-order valence-corrected chi connectivity index (χ0v) is 13.5. The van der Waals surface area contributed by atoms with Crippen molar-refractivity contribution in [1.29, 1.82) is 0 Å². The van der Waals surface area contributed by atoms with Gasteiger partial charge in [0.2, 0.25) is 0 Å². The number of hydrogen-bond donors (Lipinski definition) is 1. The topological polar surface area (TPSA) is 38.3 Å². The molecule has 0 atom stereocenters. The van der Waals surface area contributed by atoms with Crippen LogP contribution in [0.25, 0.3) is 0 Å². The first-order valence-electron chi connectivity index (χ1n) is 7.30. The minimum Gasteiger partial charge on any atom is -0.494 e. The largest absolute Gasteiger partial charge is 0.494 e. The van der Waals surface area contributed by atoms with Crippen molar-refractivity contribution >= 4 is 21.8 Å². The third-order valence-electron chi connectivity index (χ3n) is 3.83. The van der Waals surface area contributed by atoms with E-state index in [0.29, 0.717) is 5.56 Å². The molecule has 0 spiro atoms. The standard InChI is InChI=1S/C16H22BrNO2/c1-2-3-11-20-14-7-5-13(6-8-14)15(19)18-16(12-17)9-4-10-16/h5-8H,2-4,9-12H2,1H3,(H,18,19). The number of ether oxygens (including phenoxy) is 1. The van der Waals surface area contributed by atoms with Crippen molar-refractivity contribution in [3.8, 4) is 5.75 Å². The molecule has 1 aliphatic carbocycles. The maximum absolute atomic E-state index is 12.2. The fourth-order valence-corrected chi connectivity index (χ4v) is 2.95. The number of amides is 1. The minimum absolute atomic E-state index is 0.00394. The maximum Gasteiger partial charge on any atom is 0.251 e. The van der Waals surface area contributed by atoms with Crippen molar-refractivity contribution in [2.75, 3.05) is 11.9 Å². The number of carbonyl (C=O) groups is 1. The predicted molar refractivity (Wildman–Crippen MR) is 84.7 cm³/mol. The highest BCUT2D eigenvalue weighted by atomic mass is 79.9. The highest BCUT2D eigenvalue weighted by molar-refractivity contribution is 9.09. The Morgan fingerprint density at radius 3 is 2.55 bits per heavy atom. The van der Waals surface area contributed by atoms with Gasteiger partial charge in [0, 0.05) is 10.9 Å². The average Bonchev–Trinajstić information content (AvgIpc) is 2.44. The van der Waals surface area contributed by atoms with Crippen molar-refractivity contribution < 1.29 is 9.53 Å². The highest BCUT2D eigenvalue weighted by Gasteiger charge is 2.37. The number of hydrogen-bond acceptors (Lipinski definition) is 2. The molecule has 0 heterocycles. The number of rotatable bonds is 7. The average molecular weight is 340 g/mol. The molecule has 1 fully saturated rings. The van der Waals surface area contributed by atoms with E-state index < -0.39 is 0 Å². The summed E-state index contributed by atoms with van der Waals surface area (Å²) in [6.07, 6.45) is 5.48. The summed E-state index contributed by atoms with van der Waals surface area (Å²) in [5.74, 6) is 0.832. The molecule has 0 aromatic heterocycles. The number of carbonyl (C=O) groups excluding carboxylic acids is 1. The molecule has 110 valence electrons. The molecule has 1 aromatic carbocycles. The number of unbranched alkanes of at least 4 members (excludes halogenated alkanes) is 1. The minimum atomic E-state index is -0.0343. The van der Waals surface area contributed by atoms with Gasteiger partial charge in [-0.25, -0.2) is 0 Å². The van der Waals surface area contributed by atoms with Gasteiger partial charge in [-0.3, -0.25) is 4.79 Å². The molecule has 1 amide bonds. The molecule has 2 rings (SSSR count). The second-order valence-corrected chi connectivity index (χ2v) is 6.01. The van der Waals surface area contributed by atoms with Crippen LogP contribution < -0.4 is 10.1 Å². The summed E-state index contributed by atoms with van der Waals surface area (Å²) in [6.45, 7) is 2.87. The van der Waals surface area contributed by atoms with Crippen molar-refractivity contribution in [3.05, 3.63) is 29.8 Å². The Labute approximate surface area is 129 Å². The summed E-state index contributed by atoms with van der Waals surface area (Å²) in [4.78, 5) is 12.2. The van der Waals surface area contributed by atoms with Crippen molar-refractivity contribution in [3.63, 3.8) is 0 Å². The number of halogens is 1. The number of benzene rings is 1. The molecule has 4 heteroatoms. The summed E-state index contributed by atoms with van der Waals surface area (Å²) in [7, 11) is 0. The molecule has 1 aliphatic rings. The van der Waals surface area contributed by atoms with Crippen LogP contribution in [-0.2, 0) is 0 Å². The lowest BCUT2D eigenvalue weighted by molar-refractivity contribution is 0.0856. The normalized spacial score (nSPS) is 16.3. The van der Waals surface area contributed by atoms with E-state index in [0.717, 1.165) is 43.4 Å². The van der Waals surface area contributed by atoms with Gasteiger partial charge in [-0.1, -0.05) is 29.3 Å². The van der Waals surface area contributed by atoms with Crippen LogP contribution in [0, 0.1) is 0 Å². The molecule has 0 unspecified atom stereocenters. The van der Waals surface area contributed by atoms with Crippen LogP contribution in [-0.4, -0.2) is 23.4 Å². The second-order valence-electron chi connectivity index (χ2n) is 5.45. The third-order valence-corrected chi connectivity index (χ3v) is 4.90. The Morgan fingerprint density at radius 1 is 1.35 bits per heavy atom. The number of nitrogens with one attached hydrogen (secondary N) is 1. The van der Waals surface area contributed by atoms with Gasteiger partial charge in [-0.15, -0.1) is 0 Å². The first-order valence-corrected chi connectivity index (χ1v) is 8.42. The number of alkyl halides is 1. The van der Waals surface area contributed by atoms with E-state index in [2.05, 4.69) is 28.2 Å². The van der Waals surface area contributed by atoms with Crippen LogP contribution in [0.4, 0.5) is 0 Å². The fraction of sp³-hybridized carbons (Fsp3) is 0.562. The van der Waals surface area contributed by atoms with E-state index in [1.165, 1.54) is 6.42 Å². The van der Waals surface area contributed by atoms with E-state index in [1.807, 2.05) is 24.3 Å². The molecular weight excluding hydrogens is 318 g/mol. The Bertz CT molecular complexity index is 435. The van der Waals surface area contributed by atoms with E-state index >= 15 is 0 Å². The molecule has 0 saturated heterocycles. The molecule has 1 aromatic rings. The summed E-state index contributed by atoms with van der Waals surface area (Å²) in [5.41, 5.74) is 0.660. The fourth-order valence-electron chi connectivity index (χ4n) is 2.25. The van der Waals surface area contributed by atoms with Gasteiger partial charge in [-0.2, -0.15) is 0 Å². The molecule has 0 bridgehead atoms. The predicted octanol–water partition coefficient (Wildman–Crippen LogP) is 3.91. The summed E-state index contributed by atoms with van der Waals surface area (Å²) in [6, 6.07) is 7.40. The lowest BCUT2D eigenvalue weighted by Gasteiger charge is -2.41. The van der Waals surface area contributed by atoms with Crippen molar-refractivity contribution in [1.82, 2.24) is 5.32 Å². The van der Waals surface area contributed by atoms with E-state index in [1.54, 1.807) is 0 Å². The van der Waals surface area contributed by atoms with E-state index in [4.69, 9.17) is 4.74 Å². The maximum atomic E-state index is 12.2. The summed E-state index contributed by atoms with van der Waals surface area (Å²) >= 11 is 3.50. The zero-order chi connectivity index (χ0) is 14.4. The Balaban J connectivity index is 1.90. The monoisotopic (exact) mass is 339 g/mol. The van der Waals surface area contributed by atoms with Gasteiger partial charge < -0.3 is 10.1 Å². The smallest absolute Gasteiger partial charge is 0.251 e. The van der Waals surface area contributed by atoms with Crippen LogP contribution >= 0.6 is 15.9 Å². The molecule has 20 heavy (non-hydrogen) atoms. The molecule has 1 saturated carbocycles. The lowest BCUT2D eigenvalue weighted by atomic mass is 9.78. The summed E-state index contributed by atoms with van der Waals surface area (Å²) < 4.78 is 5.60. The van der Waals surface area contributed by atoms with Crippen LogP contribution in [0.5, 0.6) is 5.75 Å². The molecule has 1 N–H and O–H groups in total. The van der Waals surface area contributed by atoms with Gasteiger partial charge in [0.1, 0.15) is 5.75 Å². The molecular formula is C16H22BrNO2. The first-order chi connectivity index (χ1) is 9.69. The van der Waals surface area contributed by atoms with Crippen molar-refractivity contribution in [2.24, 2.45) is 0 Å². The van der Waals surface area contributed by atoms with Crippen LogP contribution in [0.1, 0.15) is 49.4 Å². The zero-order valence-electron chi connectivity index (χ0n) is 12.0. The van der Waals surface area contributed by atoms with E-state index in [9.17, 15) is 4.79 Å². The van der Waals surface area contributed by atoms with Gasteiger partial charge >= 0.3 is 0 Å². The molecule has 0 aliphatic heterocycles. The van der Waals surface area contributed by atoms with Crippen LogP contribution in [0.15, 0.2) is 24.3 Å². The van der Waals surface area contributed by atoms with Gasteiger partial charge in [0.15, 0.2) is 0 Å². The van der Waals surface area contributed by atoms with Gasteiger partial charge in [0.05, 0.1) is 12.1 Å². The van der Waals surface area contributed by atoms with Gasteiger partial charge in [0.25, 0.3) is 5.91 Å². The lowest BCUT2D eigenvalue weighted by Crippen LogP contribution is -2.54. The van der Waals surface area contributed by atoms with Crippen molar-refractivity contribution in [2.45, 2.75) is 44.6 Å². The molecule has 3 nitrogen and oxygen atoms in total. The summed E-state index contributed by atoms with van der Waals surface area (Å²) in [5, 5.41) is 3.96. The van der Waals surface area contributed by atoms with Crippen LogP contribution in [0.2, 0.25) is 0 Å². The quantitative estimate of drug-likeness (QED) is 0.604. The first kappa shape index (κ1) is 15.4. The van der Waals surface area contributed by atoms with E-state index in [-0.39, 0.29) is 11.4 Å². The van der Waals surface area contributed by atoms with Gasteiger partial charge in [-0.05, 0) is 49.9 Å². The SMILES string of the molecule is CCCCOc1ccc(C(=O)NC2(CBr)CCC2)cc1. The Hall–Kier alpha value is -1.03. The Kier molecular flexibility index (Phi) is 5.46. The third kappa shape index (κ3) is 3.75. The highest BCUT2D eigenvalue weighted by Crippen LogP contribution is 2.33. The second kappa shape index (κ2) is 7.11. The molecule has 0 radical (unpaired) electrons. The van der Waals surface area contributed by atoms with Crippen LogP contribution in [0.3, 0.4) is 0 Å².